The Morgan fingerprint density at radius 2 is 1.93 bits per heavy atom. The summed E-state index contributed by atoms with van der Waals surface area (Å²) < 4.78 is 5.60. The van der Waals surface area contributed by atoms with Crippen LogP contribution in [0.4, 0.5) is 0 Å². The predicted octanol–water partition coefficient (Wildman–Crippen LogP) is 1.22. The van der Waals surface area contributed by atoms with Gasteiger partial charge in [0.1, 0.15) is 12.4 Å². The lowest BCUT2D eigenvalue weighted by Gasteiger charge is -2.03. The van der Waals surface area contributed by atoms with E-state index in [-0.39, 0.29) is 0 Å². The second kappa shape index (κ2) is 2.88. The van der Waals surface area contributed by atoms with Crippen molar-refractivity contribution in [3.63, 3.8) is 0 Å². The van der Waals surface area contributed by atoms with Crippen molar-refractivity contribution >= 4 is 18.2 Å². The first-order valence-corrected chi connectivity index (χ1v) is 4.76. The molecule has 1 heterocycles. The summed E-state index contributed by atoms with van der Waals surface area (Å²) in [5.41, 5.74) is 1.20. The Bertz CT molecular complexity index is 547. The third-order valence-electron chi connectivity index (χ3n) is 2.55. The zero-order valence-electron chi connectivity index (χ0n) is 7.73. The van der Waals surface area contributed by atoms with E-state index in [4.69, 9.17) is 4.74 Å². The molecule has 0 spiro atoms. The van der Waals surface area contributed by atoms with Gasteiger partial charge < -0.3 is 4.74 Å². The van der Waals surface area contributed by atoms with Gasteiger partial charge in [-0.05, 0) is 11.3 Å². The smallest absolute Gasteiger partial charge is 0.134 e. The third kappa shape index (κ3) is 1.02. The number of ether oxygens (including phenoxy) is 1. The van der Waals surface area contributed by atoms with E-state index in [0.29, 0.717) is 6.61 Å². The lowest BCUT2D eigenvalue weighted by molar-refractivity contribution is 0.384. The van der Waals surface area contributed by atoms with E-state index in [9.17, 15) is 0 Å². The van der Waals surface area contributed by atoms with E-state index < -0.39 is 0 Å². The Hall–Kier alpha value is -1.76. The highest BCUT2D eigenvalue weighted by Gasteiger charge is 2.08. The molecule has 0 radical (unpaired) electrons. The van der Waals surface area contributed by atoms with Gasteiger partial charge in [-0.1, -0.05) is 42.5 Å². The van der Waals surface area contributed by atoms with E-state index in [1.54, 1.807) is 0 Å². The van der Waals surface area contributed by atoms with Crippen LogP contribution in [0.25, 0.3) is 18.2 Å². The van der Waals surface area contributed by atoms with Crippen LogP contribution in [-0.2, 0) is 0 Å². The maximum absolute atomic E-state index is 5.60. The summed E-state index contributed by atoms with van der Waals surface area (Å²) in [4.78, 5) is 0. The van der Waals surface area contributed by atoms with Crippen molar-refractivity contribution in [3.05, 3.63) is 46.4 Å². The number of allylic oxidation sites excluding steroid dienone is 3. The summed E-state index contributed by atoms with van der Waals surface area (Å²) in [7, 11) is 0. The zero-order chi connectivity index (χ0) is 9.38. The Balaban J connectivity index is 2.42. The molecule has 0 fully saturated rings. The highest BCUT2D eigenvalue weighted by atomic mass is 16.5. The van der Waals surface area contributed by atoms with Gasteiger partial charge in [-0.3, -0.25) is 0 Å². The minimum absolute atomic E-state index is 0.701. The normalized spacial score (nSPS) is 16.0. The fourth-order valence-electron chi connectivity index (χ4n) is 1.86. The molecular formula is C13H10O. The molecule has 0 unspecified atom stereocenters. The van der Waals surface area contributed by atoms with Gasteiger partial charge in [0, 0.05) is 10.8 Å². The molecule has 0 N–H and O–H groups in total. The third-order valence-corrected chi connectivity index (χ3v) is 2.55. The van der Waals surface area contributed by atoms with Crippen LogP contribution >= 0.6 is 0 Å². The zero-order valence-corrected chi connectivity index (χ0v) is 7.73. The van der Waals surface area contributed by atoms with Gasteiger partial charge in [0.25, 0.3) is 0 Å². The van der Waals surface area contributed by atoms with E-state index >= 15 is 0 Å². The number of benzene rings is 1. The molecular weight excluding hydrogens is 172 g/mol. The van der Waals surface area contributed by atoms with E-state index in [2.05, 4.69) is 30.4 Å². The summed E-state index contributed by atoms with van der Waals surface area (Å²) in [6.45, 7) is 0.701. The van der Waals surface area contributed by atoms with Gasteiger partial charge in [0.15, 0.2) is 0 Å². The summed E-state index contributed by atoms with van der Waals surface area (Å²) in [6.07, 6.45) is 12.5. The first-order valence-electron chi connectivity index (χ1n) is 4.76. The van der Waals surface area contributed by atoms with Gasteiger partial charge in [0.05, 0.1) is 0 Å². The summed E-state index contributed by atoms with van der Waals surface area (Å²) in [5.74, 6) is 1.03. The molecule has 3 rings (SSSR count). The van der Waals surface area contributed by atoms with Gasteiger partial charge in [0.2, 0.25) is 0 Å². The molecule has 2 aliphatic rings. The van der Waals surface area contributed by atoms with Crippen LogP contribution in [-0.4, -0.2) is 6.61 Å². The number of fused-ring (bicyclic) bond motifs is 3. The molecule has 1 aromatic carbocycles. The molecule has 1 aromatic rings. The SMILES string of the molecule is C1=CC=c2ccc3c(c2C=C1)OCC=3. The Kier molecular flexibility index (Phi) is 1.57. The topological polar surface area (TPSA) is 9.23 Å². The molecule has 0 saturated carbocycles. The quantitative estimate of drug-likeness (QED) is 0.586. The van der Waals surface area contributed by atoms with Gasteiger partial charge >= 0.3 is 0 Å². The molecule has 0 amide bonds. The van der Waals surface area contributed by atoms with Crippen LogP contribution in [0.1, 0.15) is 5.56 Å². The molecule has 0 atom stereocenters. The molecule has 0 aromatic heterocycles. The second-order valence-electron chi connectivity index (χ2n) is 3.41. The summed E-state index contributed by atoms with van der Waals surface area (Å²) in [6, 6.07) is 4.25. The number of hydrogen-bond acceptors (Lipinski definition) is 1. The van der Waals surface area contributed by atoms with Gasteiger partial charge in [-0.2, -0.15) is 0 Å². The second-order valence-corrected chi connectivity index (χ2v) is 3.41. The lowest BCUT2D eigenvalue weighted by Crippen LogP contribution is -2.12. The van der Waals surface area contributed by atoms with Crippen molar-refractivity contribution in [2.75, 3.05) is 6.61 Å². The Morgan fingerprint density at radius 1 is 1.00 bits per heavy atom. The lowest BCUT2D eigenvalue weighted by atomic mass is 10.1. The van der Waals surface area contributed by atoms with Crippen molar-refractivity contribution in [1.29, 1.82) is 0 Å². The highest BCUT2D eigenvalue weighted by molar-refractivity contribution is 5.66. The van der Waals surface area contributed by atoms with Crippen molar-refractivity contribution in [2.24, 2.45) is 0 Å². The van der Waals surface area contributed by atoms with Crippen LogP contribution in [0, 0.1) is 0 Å². The average molecular weight is 182 g/mol. The van der Waals surface area contributed by atoms with Crippen LogP contribution in [0.2, 0.25) is 0 Å². The highest BCUT2D eigenvalue weighted by Crippen LogP contribution is 2.15. The van der Waals surface area contributed by atoms with Crippen LogP contribution in [0.15, 0.2) is 30.4 Å². The molecule has 0 saturated heterocycles. The predicted molar refractivity (Wildman–Crippen MR) is 58.3 cm³/mol. The minimum Gasteiger partial charge on any atom is -0.488 e. The molecule has 1 aliphatic heterocycles. The first kappa shape index (κ1) is 7.63. The van der Waals surface area contributed by atoms with Crippen molar-refractivity contribution in [2.45, 2.75) is 0 Å². The van der Waals surface area contributed by atoms with Crippen molar-refractivity contribution < 1.29 is 4.74 Å². The molecule has 1 nitrogen and oxygen atoms in total. The van der Waals surface area contributed by atoms with E-state index in [1.165, 1.54) is 16.0 Å². The van der Waals surface area contributed by atoms with Gasteiger partial charge in [-0.25, -0.2) is 0 Å². The average Bonchev–Trinajstić information content (AvgIpc) is 2.55. The maximum atomic E-state index is 5.60. The molecule has 0 bridgehead atoms. The largest absolute Gasteiger partial charge is 0.488 e. The molecule has 1 aliphatic carbocycles. The maximum Gasteiger partial charge on any atom is 0.134 e. The summed E-state index contributed by atoms with van der Waals surface area (Å²) in [5, 5.41) is 2.44. The standard InChI is InChI=1S/C13H10O/c1-2-4-10-6-7-11-8-9-14-13(11)12(10)5-3-1/h1-8H,9H2. The molecule has 1 heteroatoms. The Labute approximate surface area is 82.3 Å². The number of hydrogen-bond donors (Lipinski definition) is 0. The van der Waals surface area contributed by atoms with Crippen molar-refractivity contribution in [3.8, 4) is 5.75 Å². The molecule has 68 valence electrons. The van der Waals surface area contributed by atoms with Gasteiger partial charge in [-0.15, -0.1) is 0 Å². The van der Waals surface area contributed by atoms with Crippen molar-refractivity contribution in [1.82, 2.24) is 0 Å². The fourth-order valence-corrected chi connectivity index (χ4v) is 1.86. The number of rotatable bonds is 0. The van der Waals surface area contributed by atoms with Crippen LogP contribution in [0.5, 0.6) is 5.75 Å². The Morgan fingerprint density at radius 3 is 2.93 bits per heavy atom. The minimum atomic E-state index is 0.701. The van der Waals surface area contributed by atoms with Crippen LogP contribution in [0.3, 0.4) is 0 Å². The van der Waals surface area contributed by atoms with E-state index in [0.717, 1.165) is 5.75 Å². The summed E-state index contributed by atoms with van der Waals surface area (Å²) >= 11 is 0. The van der Waals surface area contributed by atoms with E-state index in [1.807, 2.05) is 18.2 Å². The van der Waals surface area contributed by atoms with Crippen LogP contribution < -0.4 is 15.2 Å². The molecule has 14 heavy (non-hydrogen) atoms. The first-order chi connectivity index (χ1) is 6.95. The fraction of sp³-hybridized carbons (Fsp3) is 0.0769. The monoisotopic (exact) mass is 182 g/mol.